The summed E-state index contributed by atoms with van der Waals surface area (Å²) in [6.07, 6.45) is 0.381. The number of carboxylic acids is 1. The molecule has 0 fully saturated rings. The van der Waals surface area contributed by atoms with E-state index in [2.05, 4.69) is 10.3 Å². The molecule has 0 spiro atoms. The Balaban J connectivity index is 2.17. The van der Waals surface area contributed by atoms with Gasteiger partial charge in [-0.3, -0.25) is 4.79 Å². The van der Waals surface area contributed by atoms with Crippen molar-refractivity contribution in [1.82, 2.24) is 9.55 Å². The number of fused-ring (bicyclic) bond motifs is 1. The topological polar surface area (TPSA) is 93.4 Å². The predicted octanol–water partition coefficient (Wildman–Crippen LogP) is 3.93. The molecule has 27 heavy (non-hydrogen) atoms. The first-order chi connectivity index (χ1) is 12.8. The number of nitrogens with zero attached hydrogens (tertiary/aromatic N) is 2. The van der Waals surface area contributed by atoms with Crippen LogP contribution in [0.5, 0.6) is 5.75 Å². The maximum Gasteiger partial charge on any atom is 0.356 e. The summed E-state index contributed by atoms with van der Waals surface area (Å²) in [6, 6.07) is 3.49. The van der Waals surface area contributed by atoms with E-state index in [-0.39, 0.29) is 23.5 Å². The minimum absolute atomic E-state index is 0.0366. The molecule has 0 saturated carbocycles. The number of aryl methyl sites for hydroxylation is 2. The maximum absolute atomic E-state index is 12.5. The molecular weight excluding hydrogens is 366 g/mol. The van der Waals surface area contributed by atoms with E-state index < -0.39 is 5.97 Å². The number of nitrogens with one attached hydrogen (secondary N) is 1. The fraction of sp³-hybridized carbons (Fsp3) is 0.316. The number of carbonyl (C=O) groups excluding carboxylic acids is 1. The minimum atomic E-state index is -1.09. The van der Waals surface area contributed by atoms with Crippen LogP contribution in [0.25, 0.3) is 11.0 Å². The number of ether oxygens (including phenoxy) is 1. The van der Waals surface area contributed by atoms with Gasteiger partial charge in [0.05, 0.1) is 28.4 Å². The zero-order valence-electron chi connectivity index (χ0n) is 15.6. The Morgan fingerprint density at radius 1 is 1.41 bits per heavy atom. The van der Waals surface area contributed by atoms with Crippen LogP contribution in [0, 0.1) is 0 Å². The van der Waals surface area contributed by atoms with Gasteiger partial charge in [-0.05, 0) is 37.8 Å². The van der Waals surface area contributed by atoms with Crippen molar-refractivity contribution in [2.24, 2.45) is 7.05 Å². The molecule has 7 nitrogen and oxygen atoms in total. The van der Waals surface area contributed by atoms with Gasteiger partial charge in [-0.1, -0.05) is 6.92 Å². The van der Waals surface area contributed by atoms with Crippen molar-refractivity contribution in [2.45, 2.75) is 33.3 Å². The van der Waals surface area contributed by atoms with Crippen molar-refractivity contribution in [1.29, 1.82) is 0 Å². The number of thiophene rings is 1. The molecule has 0 radical (unpaired) electrons. The molecule has 8 heteroatoms. The fourth-order valence-electron chi connectivity index (χ4n) is 2.91. The highest BCUT2D eigenvalue weighted by molar-refractivity contribution is 7.08. The third-order valence-electron chi connectivity index (χ3n) is 4.12. The molecular formula is C19H21N3O4S. The third kappa shape index (κ3) is 3.52. The average molecular weight is 387 g/mol. The number of hydrogen-bond donors (Lipinski definition) is 2. The normalized spacial score (nSPS) is 11.1. The number of pyridine rings is 1. The standard InChI is InChI=1S/C19H21N3O4S/c1-5-13-14(21-18(23)11-6-7-27-9-11)8-12-16(26-10(2)3)15(19(24)25)22(4)17(12)20-13/h6-10H,5H2,1-4H3,(H,21,23)(H,24,25). The average Bonchev–Trinajstić information content (AvgIpc) is 3.22. The van der Waals surface area contributed by atoms with Gasteiger partial charge in [-0.25, -0.2) is 9.78 Å². The lowest BCUT2D eigenvalue weighted by molar-refractivity contribution is 0.0680. The molecule has 3 aromatic rings. The van der Waals surface area contributed by atoms with Gasteiger partial charge in [0, 0.05) is 12.4 Å². The molecule has 3 aromatic heterocycles. The molecule has 0 aliphatic heterocycles. The van der Waals surface area contributed by atoms with Crippen molar-refractivity contribution >= 4 is 39.9 Å². The molecule has 0 atom stereocenters. The highest BCUT2D eigenvalue weighted by atomic mass is 32.1. The number of rotatable bonds is 6. The lowest BCUT2D eigenvalue weighted by Gasteiger charge is -2.12. The molecule has 0 bridgehead atoms. The largest absolute Gasteiger partial charge is 0.488 e. The highest BCUT2D eigenvalue weighted by Crippen LogP contribution is 2.35. The van der Waals surface area contributed by atoms with E-state index >= 15 is 0 Å². The summed E-state index contributed by atoms with van der Waals surface area (Å²) in [5.41, 5.74) is 2.35. The Morgan fingerprint density at radius 3 is 2.70 bits per heavy atom. The molecule has 3 heterocycles. The zero-order valence-corrected chi connectivity index (χ0v) is 16.4. The highest BCUT2D eigenvalue weighted by Gasteiger charge is 2.25. The van der Waals surface area contributed by atoms with Crippen molar-refractivity contribution in [3.63, 3.8) is 0 Å². The molecule has 142 valence electrons. The van der Waals surface area contributed by atoms with Crippen LogP contribution in [0.4, 0.5) is 5.69 Å². The van der Waals surface area contributed by atoms with Crippen LogP contribution in [0.3, 0.4) is 0 Å². The SMILES string of the molecule is CCc1nc2c(cc1NC(=O)c1ccsc1)c(OC(C)C)c(C(=O)O)n2C. The molecule has 3 rings (SSSR count). The third-order valence-corrected chi connectivity index (χ3v) is 4.80. The zero-order chi connectivity index (χ0) is 19.7. The Morgan fingerprint density at radius 2 is 2.15 bits per heavy atom. The van der Waals surface area contributed by atoms with E-state index in [1.165, 1.54) is 15.9 Å². The first-order valence-electron chi connectivity index (χ1n) is 8.59. The van der Waals surface area contributed by atoms with Gasteiger partial charge in [0.2, 0.25) is 0 Å². The first-order valence-corrected chi connectivity index (χ1v) is 9.53. The van der Waals surface area contributed by atoms with E-state index in [1.54, 1.807) is 24.6 Å². The number of hydrogen-bond acceptors (Lipinski definition) is 5. The second-order valence-electron chi connectivity index (χ2n) is 6.38. The van der Waals surface area contributed by atoms with Gasteiger partial charge in [-0.2, -0.15) is 11.3 Å². The van der Waals surface area contributed by atoms with Gasteiger partial charge in [0.1, 0.15) is 5.65 Å². The van der Waals surface area contributed by atoms with Crippen molar-refractivity contribution < 1.29 is 19.4 Å². The van der Waals surface area contributed by atoms with Crippen LogP contribution < -0.4 is 10.1 Å². The maximum atomic E-state index is 12.5. The minimum Gasteiger partial charge on any atom is -0.488 e. The summed E-state index contributed by atoms with van der Waals surface area (Å²) in [6.45, 7) is 5.59. The second-order valence-corrected chi connectivity index (χ2v) is 7.16. The van der Waals surface area contributed by atoms with E-state index in [0.717, 1.165) is 0 Å². The van der Waals surface area contributed by atoms with E-state index in [9.17, 15) is 14.7 Å². The van der Waals surface area contributed by atoms with Crippen molar-refractivity contribution in [2.75, 3.05) is 5.32 Å². The quantitative estimate of drug-likeness (QED) is 0.668. The smallest absolute Gasteiger partial charge is 0.356 e. The molecule has 0 aromatic carbocycles. The van der Waals surface area contributed by atoms with Gasteiger partial charge in [0.25, 0.3) is 5.91 Å². The van der Waals surface area contributed by atoms with E-state index in [1.807, 2.05) is 26.2 Å². The number of carboxylic acid groups (broad SMARTS) is 1. The Bertz CT molecular complexity index is 1010. The number of amides is 1. The summed E-state index contributed by atoms with van der Waals surface area (Å²) in [5, 5.41) is 16.7. The molecule has 2 N–H and O–H groups in total. The van der Waals surface area contributed by atoms with Crippen LogP contribution >= 0.6 is 11.3 Å². The second kappa shape index (κ2) is 7.40. The van der Waals surface area contributed by atoms with Crippen LogP contribution in [0.15, 0.2) is 22.9 Å². The number of anilines is 1. The van der Waals surface area contributed by atoms with Crippen LogP contribution in [0.2, 0.25) is 0 Å². The Hall–Kier alpha value is -2.87. The number of aromatic carboxylic acids is 1. The van der Waals surface area contributed by atoms with Crippen molar-refractivity contribution in [3.8, 4) is 5.75 Å². The van der Waals surface area contributed by atoms with E-state index in [0.29, 0.717) is 34.4 Å². The van der Waals surface area contributed by atoms with Crippen LogP contribution in [-0.4, -0.2) is 32.6 Å². The molecule has 0 aliphatic rings. The molecule has 0 aliphatic carbocycles. The summed E-state index contributed by atoms with van der Waals surface area (Å²) >= 11 is 1.44. The number of carbonyl (C=O) groups is 2. The summed E-state index contributed by atoms with van der Waals surface area (Å²) < 4.78 is 7.31. The van der Waals surface area contributed by atoms with Crippen LogP contribution in [0.1, 0.15) is 47.3 Å². The Kier molecular flexibility index (Phi) is 5.18. The van der Waals surface area contributed by atoms with Gasteiger partial charge < -0.3 is 19.7 Å². The van der Waals surface area contributed by atoms with Crippen LogP contribution in [-0.2, 0) is 13.5 Å². The summed E-state index contributed by atoms with van der Waals surface area (Å²) in [7, 11) is 1.65. The lowest BCUT2D eigenvalue weighted by Crippen LogP contribution is -2.13. The van der Waals surface area contributed by atoms with Gasteiger partial charge in [-0.15, -0.1) is 0 Å². The monoisotopic (exact) mass is 387 g/mol. The summed E-state index contributed by atoms with van der Waals surface area (Å²) in [4.78, 5) is 28.8. The fourth-order valence-corrected chi connectivity index (χ4v) is 3.55. The molecule has 0 saturated heterocycles. The van der Waals surface area contributed by atoms with Gasteiger partial charge in [0.15, 0.2) is 11.4 Å². The summed E-state index contributed by atoms with van der Waals surface area (Å²) in [5.74, 6) is -1.06. The molecule has 0 unspecified atom stereocenters. The predicted molar refractivity (Wildman–Crippen MR) is 105 cm³/mol. The lowest BCUT2D eigenvalue weighted by atomic mass is 10.2. The van der Waals surface area contributed by atoms with Crippen molar-refractivity contribution in [3.05, 3.63) is 39.8 Å². The first kappa shape index (κ1) is 18.9. The van der Waals surface area contributed by atoms with Gasteiger partial charge >= 0.3 is 5.97 Å². The van der Waals surface area contributed by atoms with E-state index in [4.69, 9.17) is 4.74 Å². The molecule has 1 amide bonds. The number of aromatic nitrogens is 2. The Labute approximate surface area is 160 Å².